The van der Waals surface area contributed by atoms with Crippen LogP contribution in [0.2, 0.25) is 0 Å². The lowest BCUT2D eigenvalue weighted by molar-refractivity contribution is 0.553. The Morgan fingerprint density at radius 3 is 2.61 bits per heavy atom. The second-order valence-electron chi connectivity index (χ2n) is 4.51. The van der Waals surface area contributed by atoms with Crippen molar-refractivity contribution in [3.8, 4) is 0 Å². The number of rotatable bonds is 4. The monoisotopic (exact) mass is 245 g/mol. The van der Waals surface area contributed by atoms with Crippen molar-refractivity contribution < 1.29 is 0 Å². The summed E-state index contributed by atoms with van der Waals surface area (Å²) in [5, 5.41) is 7.69. The van der Waals surface area contributed by atoms with E-state index in [-0.39, 0.29) is 6.04 Å². The largest absolute Gasteiger partial charge is 0.305 e. The molecule has 2 aromatic heterocycles. The summed E-state index contributed by atoms with van der Waals surface area (Å²) in [7, 11) is 1.95. The molecule has 0 aromatic carbocycles. The molecule has 0 saturated heterocycles. The number of nitrogens with one attached hydrogen (secondary N) is 1. The van der Waals surface area contributed by atoms with Gasteiger partial charge in [-0.3, -0.25) is 14.6 Å². The molecule has 0 radical (unpaired) electrons. The number of aryl methyl sites for hydroxylation is 2. The van der Waals surface area contributed by atoms with Crippen LogP contribution in [0, 0.1) is 13.8 Å². The average Bonchev–Trinajstić information content (AvgIpc) is 2.68. The molecule has 2 heterocycles. The maximum Gasteiger partial charge on any atom is 0.0782 e. The molecule has 1 unspecified atom stereocenters. The van der Waals surface area contributed by atoms with Gasteiger partial charge in [-0.05, 0) is 20.8 Å². The first-order chi connectivity index (χ1) is 8.59. The highest BCUT2D eigenvalue weighted by Gasteiger charge is 2.11. The van der Waals surface area contributed by atoms with Crippen molar-refractivity contribution in [3.05, 3.63) is 41.2 Å². The fraction of sp³-hybridized carbons (Fsp3) is 0.462. The van der Waals surface area contributed by atoms with E-state index in [4.69, 9.17) is 0 Å². The van der Waals surface area contributed by atoms with Crippen LogP contribution < -0.4 is 5.32 Å². The summed E-state index contributed by atoms with van der Waals surface area (Å²) in [6.07, 6.45) is 5.35. The summed E-state index contributed by atoms with van der Waals surface area (Å²) in [6, 6.07) is 0.179. The Hall–Kier alpha value is -1.75. The molecule has 5 nitrogen and oxygen atoms in total. The van der Waals surface area contributed by atoms with E-state index in [0.29, 0.717) is 0 Å². The summed E-state index contributed by atoms with van der Waals surface area (Å²) in [6.45, 7) is 6.94. The molecule has 0 amide bonds. The lowest BCUT2D eigenvalue weighted by Gasteiger charge is -2.14. The maximum absolute atomic E-state index is 4.37. The van der Waals surface area contributed by atoms with Crippen molar-refractivity contribution in [2.75, 3.05) is 0 Å². The minimum Gasteiger partial charge on any atom is -0.305 e. The Kier molecular flexibility index (Phi) is 3.72. The first-order valence-corrected chi connectivity index (χ1v) is 6.08. The van der Waals surface area contributed by atoms with Crippen LogP contribution in [-0.4, -0.2) is 19.7 Å². The zero-order valence-electron chi connectivity index (χ0n) is 11.3. The van der Waals surface area contributed by atoms with Gasteiger partial charge in [-0.1, -0.05) is 0 Å². The van der Waals surface area contributed by atoms with Gasteiger partial charge in [0.15, 0.2) is 0 Å². The van der Waals surface area contributed by atoms with Gasteiger partial charge in [-0.25, -0.2) is 0 Å². The zero-order valence-corrected chi connectivity index (χ0v) is 11.3. The molecule has 1 atom stereocenters. The minimum atomic E-state index is 0.179. The molecular weight excluding hydrogens is 226 g/mol. The predicted molar refractivity (Wildman–Crippen MR) is 70.0 cm³/mol. The lowest BCUT2D eigenvalue weighted by Crippen LogP contribution is -2.20. The molecule has 2 rings (SSSR count). The molecule has 96 valence electrons. The highest BCUT2D eigenvalue weighted by Crippen LogP contribution is 2.13. The highest BCUT2D eigenvalue weighted by atomic mass is 15.3. The summed E-state index contributed by atoms with van der Waals surface area (Å²) >= 11 is 0. The smallest absolute Gasteiger partial charge is 0.0782 e. The lowest BCUT2D eigenvalue weighted by atomic mass is 10.1. The van der Waals surface area contributed by atoms with Crippen LogP contribution in [0.25, 0.3) is 0 Å². The Morgan fingerprint density at radius 1 is 1.28 bits per heavy atom. The Balaban J connectivity index is 2.03. The Labute approximate surface area is 107 Å². The first kappa shape index (κ1) is 12.7. The van der Waals surface area contributed by atoms with Crippen LogP contribution in [0.3, 0.4) is 0 Å². The second kappa shape index (κ2) is 5.27. The van der Waals surface area contributed by atoms with Gasteiger partial charge in [0, 0.05) is 43.3 Å². The fourth-order valence-electron chi connectivity index (χ4n) is 1.92. The number of aromatic nitrogens is 4. The second-order valence-corrected chi connectivity index (χ2v) is 4.51. The summed E-state index contributed by atoms with van der Waals surface area (Å²) < 4.78 is 1.88. The van der Waals surface area contributed by atoms with Crippen LogP contribution in [0.5, 0.6) is 0 Å². The molecule has 0 bridgehead atoms. The highest BCUT2D eigenvalue weighted by molar-refractivity contribution is 5.17. The molecule has 0 aliphatic carbocycles. The van der Waals surface area contributed by atoms with Crippen molar-refractivity contribution in [1.82, 2.24) is 25.1 Å². The zero-order chi connectivity index (χ0) is 13.1. The van der Waals surface area contributed by atoms with Gasteiger partial charge >= 0.3 is 0 Å². The molecule has 5 heteroatoms. The summed E-state index contributed by atoms with van der Waals surface area (Å²) in [5.41, 5.74) is 4.37. The van der Waals surface area contributed by atoms with E-state index in [9.17, 15) is 0 Å². The third kappa shape index (κ3) is 2.56. The third-order valence-corrected chi connectivity index (χ3v) is 3.26. The average molecular weight is 245 g/mol. The standard InChI is InChI=1S/C13H19N5/c1-9-13(15-6-5-14-9)10(2)16-7-12-8-17-18(4)11(12)3/h5-6,8,10,16H,7H2,1-4H3. The van der Waals surface area contributed by atoms with E-state index < -0.39 is 0 Å². The normalized spacial score (nSPS) is 12.7. The van der Waals surface area contributed by atoms with Crippen LogP contribution in [-0.2, 0) is 13.6 Å². The SMILES string of the molecule is Cc1nccnc1C(C)NCc1cnn(C)c1C. The van der Waals surface area contributed by atoms with Gasteiger partial charge in [-0.15, -0.1) is 0 Å². The van der Waals surface area contributed by atoms with Gasteiger partial charge in [0.2, 0.25) is 0 Å². The third-order valence-electron chi connectivity index (χ3n) is 3.26. The molecule has 0 aliphatic rings. The van der Waals surface area contributed by atoms with Crippen molar-refractivity contribution in [1.29, 1.82) is 0 Å². The van der Waals surface area contributed by atoms with Gasteiger partial charge in [0.05, 0.1) is 17.6 Å². The minimum absolute atomic E-state index is 0.179. The molecule has 0 aliphatic heterocycles. The van der Waals surface area contributed by atoms with Crippen LogP contribution in [0.15, 0.2) is 18.6 Å². The number of nitrogens with zero attached hydrogens (tertiary/aromatic N) is 4. The molecule has 0 fully saturated rings. The maximum atomic E-state index is 4.37. The van der Waals surface area contributed by atoms with Crippen LogP contribution in [0.4, 0.5) is 0 Å². The van der Waals surface area contributed by atoms with E-state index in [1.165, 1.54) is 11.3 Å². The van der Waals surface area contributed by atoms with Crippen LogP contribution in [0.1, 0.15) is 35.6 Å². The number of hydrogen-bond acceptors (Lipinski definition) is 4. The first-order valence-electron chi connectivity index (χ1n) is 6.08. The predicted octanol–water partition coefficient (Wildman–Crippen LogP) is 1.68. The molecule has 0 saturated carbocycles. The van der Waals surface area contributed by atoms with Crippen molar-refractivity contribution in [2.24, 2.45) is 7.05 Å². The van der Waals surface area contributed by atoms with Crippen LogP contribution >= 0.6 is 0 Å². The van der Waals surface area contributed by atoms with Crippen molar-refractivity contribution in [3.63, 3.8) is 0 Å². The van der Waals surface area contributed by atoms with Crippen molar-refractivity contribution >= 4 is 0 Å². The molecule has 18 heavy (non-hydrogen) atoms. The van der Waals surface area contributed by atoms with Gasteiger partial charge in [0.1, 0.15) is 0 Å². The van der Waals surface area contributed by atoms with Gasteiger partial charge < -0.3 is 5.32 Å². The van der Waals surface area contributed by atoms with Gasteiger partial charge in [-0.2, -0.15) is 5.10 Å². The van der Waals surface area contributed by atoms with E-state index in [2.05, 4.69) is 34.2 Å². The van der Waals surface area contributed by atoms with Gasteiger partial charge in [0.25, 0.3) is 0 Å². The van der Waals surface area contributed by atoms with E-state index in [1.54, 1.807) is 12.4 Å². The topological polar surface area (TPSA) is 55.6 Å². The quantitative estimate of drug-likeness (QED) is 0.890. The molecule has 0 spiro atoms. The van der Waals surface area contributed by atoms with E-state index in [1.807, 2.05) is 24.9 Å². The molecular formula is C13H19N5. The van der Waals surface area contributed by atoms with E-state index in [0.717, 1.165) is 17.9 Å². The van der Waals surface area contributed by atoms with Crippen molar-refractivity contribution in [2.45, 2.75) is 33.4 Å². The summed E-state index contributed by atoms with van der Waals surface area (Å²) in [4.78, 5) is 8.63. The number of hydrogen-bond donors (Lipinski definition) is 1. The molecule has 2 aromatic rings. The Morgan fingerprint density at radius 2 is 2.00 bits per heavy atom. The fourth-order valence-corrected chi connectivity index (χ4v) is 1.92. The van der Waals surface area contributed by atoms with E-state index >= 15 is 0 Å². The molecule has 1 N–H and O–H groups in total. The summed E-state index contributed by atoms with van der Waals surface area (Å²) in [5.74, 6) is 0. The Bertz CT molecular complexity index is 532.